The van der Waals surface area contributed by atoms with Crippen LogP contribution in [-0.4, -0.2) is 78.9 Å². The Morgan fingerprint density at radius 1 is 1.08 bits per heavy atom. The molecule has 6 nitrogen and oxygen atoms in total. The van der Waals surface area contributed by atoms with Crippen LogP contribution < -0.4 is 5.32 Å². The molecule has 0 saturated carbocycles. The quantitative estimate of drug-likeness (QED) is 0.808. The molecule has 2 fully saturated rings. The number of nitrogens with zero attached hydrogens (tertiary/aromatic N) is 3. The van der Waals surface area contributed by atoms with Crippen molar-refractivity contribution in [1.29, 1.82) is 0 Å². The third-order valence-corrected chi connectivity index (χ3v) is 6.38. The normalized spacial score (nSPS) is 22.0. The van der Waals surface area contributed by atoms with Gasteiger partial charge in [-0.1, -0.05) is 6.07 Å². The number of amides is 2. The van der Waals surface area contributed by atoms with Crippen LogP contribution in [0.5, 0.6) is 0 Å². The number of hydrogen-bond donors (Lipinski definition) is 1. The Morgan fingerprint density at radius 3 is 2.38 bits per heavy atom. The molecule has 0 bridgehead atoms. The molecule has 2 atom stereocenters. The first-order chi connectivity index (χ1) is 12.6. The van der Waals surface area contributed by atoms with Gasteiger partial charge in [-0.15, -0.1) is 11.3 Å². The summed E-state index contributed by atoms with van der Waals surface area (Å²) < 4.78 is 0. The van der Waals surface area contributed by atoms with E-state index in [-0.39, 0.29) is 18.0 Å². The third-order valence-electron chi connectivity index (χ3n) is 5.44. The van der Waals surface area contributed by atoms with E-state index in [0.29, 0.717) is 13.1 Å². The molecule has 7 heteroatoms. The largest absolute Gasteiger partial charge is 0.343 e. The number of piperazine rings is 1. The van der Waals surface area contributed by atoms with Crippen molar-refractivity contribution in [3.8, 4) is 0 Å². The van der Waals surface area contributed by atoms with Crippen molar-refractivity contribution >= 4 is 23.2 Å². The van der Waals surface area contributed by atoms with Gasteiger partial charge in [-0.3, -0.25) is 14.5 Å². The Bertz CT molecular complexity index is 593. The van der Waals surface area contributed by atoms with E-state index in [1.54, 1.807) is 16.2 Å². The first-order valence-corrected chi connectivity index (χ1v) is 10.5. The number of piperidine rings is 1. The third kappa shape index (κ3) is 4.64. The Labute approximate surface area is 160 Å². The van der Waals surface area contributed by atoms with Crippen LogP contribution in [-0.2, 0) is 9.59 Å². The summed E-state index contributed by atoms with van der Waals surface area (Å²) in [4.78, 5) is 32.7. The van der Waals surface area contributed by atoms with Crippen LogP contribution in [0.3, 0.4) is 0 Å². The number of carbonyl (C=O) groups excluding carboxylic acids is 2. The Hall–Kier alpha value is -1.44. The van der Waals surface area contributed by atoms with Crippen molar-refractivity contribution in [2.45, 2.75) is 38.3 Å². The Balaban J connectivity index is 1.66. The lowest BCUT2D eigenvalue weighted by atomic mass is 10.0. The number of likely N-dealkylation sites (tertiary alicyclic amines) is 1. The Morgan fingerprint density at radius 2 is 1.77 bits per heavy atom. The molecule has 0 aliphatic carbocycles. The van der Waals surface area contributed by atoms with E-state index in [9.17, 15) is 9.59 Å². The highest BCUT2D eigenvalue weighted by atomic mass is 32.1. The van der Waals surface area contributed by atoms with Crippen LogP contribution in [0.15, 0.2) is 17.5 Å². The first kappa shape index (κ1) is 19.3. The molecule has 2 aliphatic heterocycles. The van der Waals surface area contributed by atoms with Gasteiger partial charge in [0.25, 0.3) is 0 Å². The summed E-state index contributed by atoms with van der Waals surface area (Å²) in [6, 6.07) is 4.18. The lowest BCUT2D eigenvalue weighted by Crippen LogP contribution is -2.53. The second-order valence-electron chi connectivity index (χ2n) is 7.41. The predicted octanol–water partition coefficient (Wildman–Crippen LogP) is 1.55. The smallest absolute Gasteiger partial charge is 0.311 e. The van der Waals surface area contributed by atoms with Gasteiger partial charge in [0.1, 0.15) is 0 Å². The van der Waals surface area contributed by atoms with Crippen molar-refractivity contribution < 1.29 is 9.59 Å². The summed E-state index contributed by atoms with van der Waals surface area (Å²) in [5.41, 5.74) is 0. The van der Waals surface area contributed by atoms with Crippen molar-refractivity contribution in [3.63, 3.8) is 0 Å². The van der Waals surface area contributed by atoms with Crippen molar-refractivity contribution in [2.75, 3.05) is 46.3 Å². The van der Waals surface area contributed by atoms with Crippen LogP contribution >= 0.6 is 11.3 Å². The highest BCUT2D eigenvalue weighted by Crippen LogP contribution is 2.29. The molecule has 1 aromatic heterocycles. The van der Waals surface area contributed by atoms with Crippen LogP contribution in [0, 0.1) is 0 Å². The minimum absolute atomic E-state index is 0.113. The van der Waals surface area contributed by atoms with Gasteiger partial charge in [0, 0.05) is 50.2 Å². The molecule has 0 spiro atoms. The SMILES string of the molecule is C[C@@H](NC(=O)C(=O)N1CCCCC1)[C@H](c1cccs1)N1CCN(C)CC1. The molecule has 1 N–H and O–H groups in total. The zero-order valence-electron chi connectivity index (χ0n) is 15.8. The maximum atomic E-state index is 12.5. The predicted molar refractivity (Wildman–Crippen MR) is 104 cm³/mol. The van der Waals surface area contributed by atoms with Crippen LogP contribution in [0.25, 0.3) is 0 Å². The van der Waals surface area contributed by atoms with E-state index < -0.39 is 5.91 Å². The topological polar surface area (TPSA) is 55.9 Å². The molecule has 2 saturated heterocycles. The average molecular weight is 379 g/mol. The number of hydrogen-bond acceptors (Lipinski definition) is 5. The van der Waals surface area contributed by atoms with E-state index in [1.165, 1.54) is 4.88 Å². The van der Waals surface area contributed by atoms with Crippen molar-refractivity contribution in [3.05, 3.63) is 22.4 Å². The monoisotopic (exact) mass is 378 g/mol. The summed E-state index contributed by atoms with van der Waals surface area (Å²) in [7, 11) is 2.14. The fraction of sp³-hybridized carbons (Fsp3) is 0.684. The number of carbonyl (C=O) groups is 2. The summed E-state index contributed by atoms with van der Waals surface area (Å²) in [6.45, 7) is 7.41. The van der Waals surface area contributed by atoms with Gasteiger partial charge in [-0.05, 0) is 44.7 Å². The number of likely N-dealkylation sites (N-methyl/N-ethyl adjacent to an activating group) is 1. The lowest BCUT2D eigenvalue weighted by molar-refractivity contribution is -0.147. The summed E-state index contributed by atoms with van der Waals surface area (Å²) in [6.07, 6.45) is 3.13. The van der Waals surface area contributed by atoms with E-state index in [1.807, 2.05) is 6.92 Å². The molecule has 26 heavy (non-hydrogen) atoms. The second kappa shape index (κ2) is 8.97. The molecule has 3 rings (SSSR count). The molecule has 3 heterocycles. The summed E-state index contributed by atoms with van der Waals surface area (Å²) in [5.74, 6) is -0.838. The zero-order valence-corrected chi connectivity index (χ0v) is 16.6. The van der Waals surface area contributed by atoms with Crippen LogP contribution in [0.4, 0.5) is 0 Å². The van der Waals surface area contributed by atoms with E-state index in [4.69, 9.17) is 0 Å². The summed E-state index contributed by atoms with van der Waals surface area (Å²) >= 11 is 1.72. The zero-order chi connectivity index (χ0) is 18.5. The maximum absolute atomic E-state index is 12.5. The van der Waals surface area contributed by atoms with Gasteiger partial charge < -0.3 is 15.1 Å². The highest BCUT2D eigenvalue weighted by molar-refractivity contribution is 7.10. The molecular weight excluding hydrogens is 348 g/mol. The van der Waals surface area contributed by atoms with Gasteiger partial charge >= 0.3 is 11.8 Å². The molecule has 0 aromatic carbocycles. The van der Waals surface area contributed by atoms with Crippen molar-refractivity contribution in [2.24, 2.45) is 0 Å². The number of rotatable bonds is 4. The van der Waals surface area contributed by atoms with Gasteiger partial charge in [0.15, 0.2) is 0 Å². The molecule has 0 unspecified atom stereocenters. The minimum atomic E-state index is -0.463. The molecule has 144 valence electrons. The Kier molecular flexibility index (Phi) is 6.67. The highest BCUT2D eigenvalue weighted by Gasteiger charge is 2.32. The van der Waals surface area contributed by atoms with Gasteiger partial charge in [0.05, 0.1) is 6.04 Å². The second-order valence-corrected chi connectivity index (χ2v) is 8.39. The average Bonchev–Trinajstić information content (AvgIpc) is 3.17. The van der Waals surface area contributed by atoms with Gasteiger partial charge in [0.2, 0.25) is 0 Å². The number of thiophene rings is 1. The number of nitrogens with one attached hydrogen (secondary N) is 1. The summed E-state index contributed by atoms with van der Waals surface area (Å²) in [5, 5.41) is 5.07. The lowest BCUT2D eigenvalue weighted by Gasteiger charge is -2.40. The fourth-order valence-corrected chi connectivity index (χ4v) is 4.85. The molecule has 0 radical (unpaired) electrons. The molecule has 1 aromatic rings. The standard InChI is InChI=1S/C19H30N4O2S/c1-15(20-18(24)19(25)23-8-4-3-5-9-23)17(16-7-6-14-26-16)22-12-10-21(2)11-13-22/h6-7,14-15,17H,3-5,8-13H2,1-2H3,(H,20,24)/t15-,17-/m1/s1. The maximum Gasteiger partial charge on any atom is 0.311 e. The van der Waals surface area contributed by atoms with Crippen LogP contribution in [0.2, 0.25) is 0 Å². The van der Waals surface area contributed by atoms with Gasteiger partial charge in [-0.25, -0.2) is 0 Å². The first-order valence-electron chi connectivity index (χ1n) is 9.62. The van der Waals surface area contributed by atoms with Crippen molar-refractivity contribution in [1.82, 2.24) is 20.0 Å². The molecule has 2 amide bonds. The fourth-order valence-electron chi connectivity index (χ4n) is 3.89. The molecule has 2 aliphatic rings. The van der Waals surface area contributed by atoms with E-state index in [2.05, 4.69) is 39.7 Å². The van der Waals surface area contributed by atoms with Crippen LogP contribution in [0.1, 0.15) is 37.1 Å². The molecular formula is C19H30N4O2S. The minimum Gasteiger partial charge on any atom is -0.343 e. The van der Waals surface area contributed by atoms with E-state index >= 15 is 0 Å². The van der Waals surface area contributed by atoms with E-state index in [0.717, 1.165) is 45.4 Å². The van der Waals surface area contributed by atoms with Gasteiger partial charge in [-0.2, -0.15) is 0 Å².